The fraction of sp³-hybridized carbons (Fsp3) is 0.467. The van der Waals surface area contributed by atoms with E-state index in [-0.39, 0.29) is 24.9 Å². The number of hydrogen-bond acceptors (Lipinski definition) is 3. The molecule has 1 aromatic carbocycles. The van der Waals surface area contributed by atoms with Gasteiger partial charge in [0.2, 0.25) is 0 Å². The Morgan fingerprint density at radius 1 is 1.29 bits per heavy atom. The van der Waals surface area contributed by atoms with Crippen LogP contribution in [0.4, 0.5) is 9.18 Å². The smallest absolute Gasteiger partial charge is 0.325 e. The molecule has 1 aliphatic heterocycles. The van der Waals surface area contributed by atoms with E-state index in [9.17, 15) is 14.0 Å². The highest BCUT2D eigenvalue weighted by molar-refractivity contribution is 6.06. The first kappa shape index (κ1) is 15.3. The lowest BCUT2D eigenvalue weighted by Crippen LogP contribution is -2.44. The highest BCUT2D eigenvalue weighted by Gasteiger charge is 2.46. The molecule has 0 spiro atoms. The normalized spacial score (nSPS) is 21.6. The van der Waals surface area contributed by atoms with Crippen molar-refractivity contribution in [2.45, 2.75) is 32.2 Å². The van der Waals surface area contributed by atoms with Gasteiger partial charge in [0.05, 0.1) is 6.54 Å². The number of nitrogens with one attached hydrogen (secondary N) is 1. The topological polar surface area (TPSA) is 58.6 Å². The number of rotatable bonds is 6. The van der Waals surface area contributed by atoms with Crippen LogP contribution in [0.3, 0.4) is 0 Å². The van der Waals surface area contributed by atoms with Crippen LogP contribution >= 0.6 is 0 Å². The molecule has 0 aromatic heterocycles. The third kappa shape index (κ3) is 3.32. The summed E-state index contributed by atoms with van der Waals surface area (Å²) < 4.78 is 18.2. The lowest BCUT2D eigenvalue weighted by molar-refractivity contribution is -0.131. The Morgan fingerprint density at radius 2 is 1.95 bits per heavy atom. The molecule has 3 amide bonds. The number of halogens is 1. The van der Waals surface area contributed by atoms with Gasteiger partial charge in [0, 0.05) is 0 Å². The first-order chi connectivity index (χ1) is 9.96. The summed E-state index contributed by atoms with van der Waals surface area (Å²) in [5, 5.41) is 2.72. The molecule has 1 atom stereocenters. The van der Waals surface area contributed by atoms with Crippen LogP contribution in [0.5, 0.6) is 5.75 Å². The molecular formula is C15H19FN2O3. The molecule has 5 nitrogen and oxygen atoms in total. The fourth-order valence-electron chi connectivity index (χ4n) is 2.41. The number of carbonyl (C=O) groups excluding carboxylic acids is 2. The Bertz CT molecular complexity index is 532. The monoisotopic (exact) mass is 294 g/mol. The van der Waals surface area contributed by atoms with Gasteiger partial charge in [-0.1, -0.05) is 13.3 Å². The summed E-state index contributed by atoms with van der Waals surface area (Å²) in [6.45, 7) is 4.04. The molecule has 0 saturated carbocycles. The zero-order valence-corrected chi connectivity index (χ0v) is 12.2. The average molecular weight is 294 g/mol. The van der Waals surface area contributed by atoms with Crippen molar-refractivity contribution in [2.24, 2.45) is 0 Å². The summed E-state index contributed by atoms with van der Waals surface area (Å²) in [5.41, 5.74) is -0.818. The molecule has 1 N–H and O–H groups in total. The van der Waals surface area contributed by atoms with Crippen LogP contribution in [0, 0.1) is 5.82 Å². The van der Waals surface area contributed by atoms with Crippen LogP contribution in [0.25, 0.3) is 0 Å². The van der Waals surface area contributed by atoms with Crippen molar-refractivity contribution in [3.63, 3.8) is 0 Å². The van der Waals surface area contributed by atoms with Crippen molar-refractivity contribution in [3.8, 4) is 5.75 Å². The molecule has 0 aliphatic carbocycles. The quantitative estimate of drug-likeness (QED) is 0.819. The van der Waals surface area contributed by atoms with E-state index in [1.54, 1.807) is 6.92 Å². The van der Waals surface area contributed by atoms with Crippen LogP contribution in [0.15, 0.2) is 24.3 Å². The van der Waals surface area contributed by atoms with Crippen LogP contribution in [0.1, 0.15) is 26.7 Å². The molecular weight excluding hydrogens is 275 g/mol. The van der Waals surface area contributed by atoms with Gasteiger partial charge in [-0.05, 0) is 37.6 Å². The molecule has 0 radical (unpaired) electrons. The minimum Gasteiger partial charge on any atom is -0.492 e. The maximum atomic E-state index is 12.8. The predicted molar refractivity (Wildman–Crippen MR) is 75.5 cm³/mol. The first-order valence-corrected chi connectivity index (χ1v) is 6.99. The Balaban J connectivity index is 1.90. The number of urea groups is 1. The maximum absolute atomic E-state index is 12.8. The molecule has 1 aliphatic rings. The molecule has 1 aromatic rings. The van der Waals surface area contributed by atoms with E-state index in [4.69, 9.17) is 4.74 Å². The second-order valence-electron chi connectivity index (χ2n) is 5.27. The SMILES string of the molecule is CCC[C@]1(C)NC(=O)N(CCOc2ccc(F)cc2)C1=O. The van der Waals surface area contributed by atoms with Gasteiger partial charge in [0.25, 0.3) is 5.91 Å². The number of ether oxygens (including phenoxy) is 1. The van der Waals surface area contributed by atoms with Crippen molar-refractivity contribution < 1.29 is 18.7 Å². The number of hydrogen-bond donors (Lipinski definition) is 1. The Labute approximate surface area is 123 Å². The Kier molecular flexibility index (Phi) is 4.45. The van der Waals surface area contributed by atoms with E-state index < -0.39 is 11.6 Å². The molecule has 1 saturated heterocycles. The number of imide groups is 1. The van der Waals surface area contributed by atoms with Crippen LogP contribution in [0.2, 0.25) is 0 Å². The summed E-state index contributed by atoms with van der Waals surface area (Å²) in [4.78, 5) is 25.3. The molecule has 0 bridgehead atoms. The zero-order chi connectivity index (χ0) is 15.5. The van der Waals surface area contributed by atoms with E-state index in [1.807, 2.05) is 6.92 Å². The van der Waals surface area contributed by atoms with Gasteiger partial charge in [-0.3, -0.25) is 9.69 Å². The molecule has 1 fully saturated rings. The third-order valence-corrected chi connectivity index (χ3v) is 3.49. The van der Waals surface area contributed by atoms with Crippen molar-refractivity contribution in [1.29, 1.82) is 0 Å². The standard InChI is InChI=1S/C15H19FN2O3/c1-3-8-15(2)13(19)18(14(20)17-15)9-10-21-12-6-4-11(16)5-7-12/h4-7H,3,8-10H2,1-2H3,(H,17,20)/t15-/m0/s1. The van der Waals surface area contributed by atoms with Gasteiger partial charge in [0.15, 0.2) is 0 Å². The highest BCUT2D eigenvalue weighted by atomic mass is 19.1. The van der Waals surface area contributed by atoms with E-state index in [0.29, 0.717) is 12.2 Å². The van der Waals surface area contributed by atoms with Crippen molar-refractivity contribution >= 4 is 11.9 Å². The van der Waals surface area contributed by atoms with E-state index in [1.165, 1.54) is 29.2 Å². The zero-order valence-electron chi connectivity index (χ0n) is 12.2. The van der Waals surface area contributed by atoms with Gasteiger partial charge in [-0.15, -0.1) is 0 Å². The Hall–Kier alpha value is -2.11. The molecule has 2 rings (SSSR count). The van der Waals surface area contributed by atoms with Gasteiger partial charge in [-0.25, -0.2) is 9.18 Å². The maximum Gasteiger partial charge on any atom is 0.325 e. The number of nitrogens with zero attached hydrogens (tertiary/aromatic N) is 1. The summed E-state index contributed by atoms with van der Waals surface area (Å²) >= 11 is 0. The van der Waals surface area contributed by atoms with Gasteiger partial charge >= 0.3 is 6.03 Å². The minimum atomic E-state index is -0.818. The second kappa shape index (κ2) is 6.11. The van der Waals surface area contributed by atoms with Gasteiger partial charge in [-0.2, -0.15) is 0 Å². The van der Waals surface area contributed by atoms with Crippen LogP contribution in [-0.2, 0) is 4.79 Å². The molecule has 114 valence electrons. The lowest BCUT2D eigenvalue weighted by atomic mass is 9.96. The summed E-state index contributed by atoms with van der Waals surface area (Å²) in [5.74, 6) is -0.0661. The second-order valence-corrected chi connectivity index (χ2v) is 5.27. The van der Waals surface area contributed by atoms with Gasteiger partial charge < -0.3 is 10.1 Å². The molecule has 21 heavy (non-hydrogen) atoms. The summed E-state index contributed by atoms with van der Waals surface area (Å²) in [7, 11) is 0. The number of benzene rings is 1. The van der Waals surface area contributed by atoms with Crippen LogP contribution in [-0.4, -0.2) is 35.5 Å². The van der Waals surface area contributed by atoms with E-state index in [0.717, 1.165) is 6.42 Å². The van der Waals surface area contributed by atoms with E-state index in [2.05, 4.69) is 5.32 Å². The lowest BCUT2D eigenvalue weighted by Gasteiger charge is -2.20. The Morgan fingerprint density at radius 3 is 2.57 bits per heavy atom. The summed E-state index contributed by atoms with van der Waals surface area (Å²) in [6, 6.07) is 5.20. The fourth-order valence-corrected chi connectivity index (χ4v) is 2.41. The van der Waals surface area contributed by atoms with Crippen LogP contribution < -0.4 is 10.1 Å². The number of amides is 3. The van der Waals surface area contributed by atoms with Gasteiger partial charge in [0.1, 0.15) is 23.7 Å². The molecule has 0 unspecified atom stereocenters. The first-order valence-electron chi connectivity index (χ1n) is 6.99. The van der Waals surface area contributed by atoms with Crippen molar-refractivity contribution in [3.05, 3.63) is 30.1 Å². The molecule has 1 heterocycles. The largest absolute Gasteiger partial charge is 0.492 e. The predicted octanol–water partition coefficient (Wildman–Crippen LogP) is 2.32. The van der Waals surface area contributed by atoms with Crippen molar-refractivity contribution in [1.82, 2.24) is 10.2 Å². The minimum absolute atomic E-state index is 0.168. The third-order valence-electron chi connectivity index (χ3n) is 3.49. The molecule has 6 heteroatoms. The number of carbonyl (C=O) groups is 2. The summed E-state index contributed by atoms with van der Waals surface area (Å²) in [6.07, 6.45) is 1.41. The van der Waals surface area contributed by atoms with E-state index >= 15 is 0 Å². The highest BCUT2D eigenvalue weighted by Crippen LogP contribution is 2.22. The average Bonchev–Trinajstić information content (AvgIpc) is 2.64. The van der Waals surface area contributed by atoms with Crippen molar-refractivity contribution in [2.75, 3.05) is 13.2 Å².